The lowest BCUT2D eigenvalue weighted by Crippen LogP contribution is -2.54. The molecule has 1 saturated heterocycles. The van der Waals surface area contributed by atoms with Crippen LogP contribution >= 0.6 is 0 Å². The van der Waals surface area contributed by atoms with E-state index in [0.29, 0.717) is 25.3 Å². The molecule has 1 aliphatic rings. The summed E-state index contributed by atoms with van der Waals surface area (Å²) in [5.74, 6) is 0.772. The van der Waals surface area contributed by atoms with Gasteiger partial charge < -0.3 is 14.9 Å². The predicted molar refractivity (Wildman–Crippen MR) is 83.0 cm³/mol. The van der Waals surface area contributed by atoms with Gasteiger partial charge in [0.25, 0.3) is 0 Å². The molecule has 1 aliphatic heterocycles. The normalized spacial score (nSPS) is 18.2. The minimum absolute atomic E-state index is 0.0424. The molecule has 0 radical (unpaired) electrons. The van der Waals surface area contributed by atoms with E-state index in [1.165, 1.54) is 15.8 Å². The zero-order valence-corrected chi connectivity index (χ0v) is 12.7. The van der Waals surface area contributed by atoms with Gasteiger partial charge in [0.05, 0.1) is 17.9 Å². The molecule has 1 amide bonds. The minimum atomic E-state index is -0.876. The second kappa shape index (κ2) is 6.11. The SMILES string of the molecule is CCC1CN(c2ccc(-n3cn[nH]c3=O)cn2)CCN1C(=O)O. The number of H-pyrrole nitrogens is 1. The molecular weight excluding hydrogens is 300 g/mol. The van der Waals surface area contributed by atoms with Crippen molar-refractivity contribution >= 4 is 11.9 Å². The van der Waals surface area contributed by atoms with Gasteiger partial charge in [0.15, 0.2) is 0 Å². The van der Waals surface area contributed by atoms with Gasteiger partial charge in [-0.1, -0.05) is 6.92 Å². The molecule has 3 rings (SSSR count). The van der Waals surface area contributed by atoms with Crippen LogP contribution in [-0.4, -0.2) is 61.5 Å². The lowest BCUT2D eigenvalue weighted by molar-refractivity contribution is 0.116. The van der Waals surface area contributed by atoms with Crippen LogP contribution in [0, 0.1) is 0 Å². The van der Waals surface area contributed by atoms with E-state index in [1.54, 1.807) is 12.3 Å². The Hall–Kier alpha value is -2.84. The molecule has 2 N–H and O–H groups in total. The summed E-state index contributed by atoms with van der Waals surface area (Å²) in [5.41, 5.74) is 0.310. The topological polar surface area (TPSA) is 107 Å². The van der Waals surface area contributed by atoms with Gasteiger partial charge in [-0.15, -0.1) is 0 Å². The van der Waals surface area contributed by atoms with Crippen LogP contribution in [-0.2, 0) is 0 Å². The van der Waals surface area contributed by atoms with Crippen LogP contribution < -0.4 is 10.6 Å². The molecule has 9 nitrogen and oxygen atoms in total. The molecule has 0 aromatic carbocycles. The van der Waals surface area contributed by atoms with E-state index in [9.17, 15) is 14.7 Å². The van der Waals surface area contributed by atoms with E-state index in [-0.39, 0.29) is 11.7 Å². The Balaban J connectivity index is 1.77. The average molecular weight is 318 g/mol. The fraction of sp³-hybridized carbons (Fsp3) is 0.429. The van der Waals surface area contributed by atoms with E-state index in [4.69, 9.17) is 0 Å². The second-order valence-corrected chi connectivity index (χ2v) is 5.39. The number of nitrogens with one attached hydrogen (secondary N) is 1. The molecule has 122 valence electrons. The lowest BCUT2D eigenvalue weighted by Gasteiger charge is -2.40. The maximum absolute atomic E-state index is 11.5. The van der Waals surface area contributed by atoms with Crippen molar-refractivity contribution in [3.05, 3.63) is 35.1 Å². The lowest BCUT2D eigenvalue weighted by atomic mass is 10.1. The minimum Gasteiger partial charge on any atom is -0.465 e. The third-order valence-electron chi connectivity index (χ3n) is 4.09. The van der Waals surface area contributed by atoms with Crippen molar-refractivity contribution < 1.29 is 9.90 Å². The van der Waals surface area contributed by atoms with Crippen molar-refractivity contribution in [1.82, 2.24) is 24.6 Å². The Bertz CT molecular complexity index is 737. The number of amides is 1. The number of nitrogens with zero attached hydrogens (tertiary/aromatic N) is 5. The molecule has 0 aliphatic carbocycles. The predicted octanol–water partition coefficient (Wildman–Crippen LogP) is 0.534. The number of aromatic amines is 1. The fourth-order valence-electron chi connectivity index (χ4n) is 2.80. The molecule has 0 saturated carbocycles. The first kappa shape index (κ1) is 15.1. The van der Waals surface area contributed by atoms with Crippen molar-refractivity contribution in [2.75, 3.05) is 24.5 Å². The summed E-state index contributed by atoms with van der Waals surface area (Å²) in [7, 11) is 0. The second-order valence-electron chi connectivity index (χ2n) is 5.39. The monoisotopic (exact) mass is 318 g/mol. The van der Waals surface area contributed by atoms with Gasteiger partial charge in [-0.05, 0) is 18.6 Å². The van der Waals surface area contributed by atoms with Gasteiger partial charge in [0, 0.05) is 19.6 Å². The maximum atomic E-state index is 11.5. The smallest absolute Gasteiger partial charge is 0.407 e. The number of hydrogen-bond donors (Lipinski definition) is 2. The number of piperazine rings is 1. The molecule has 2 aromatic heterocycles. The first-order valence-corrected chi connectivity index (χ1v) is 7.43. The van der Waals surface area contributed by atoms with Gasteiger partial charge in [-0.25, -0.2) is 24.2 Å². The van der Waals surface area contributed by atoms with Crippen LogP contribution in [0.2, 0.25) is 0 Å². The van der Waals surface area contributed by atoms with Gasteiger partial charge in [-0.2, -0.15) is 5.10 Å². The highest BCUT2D eigenvalue weighted by molar-refractivity contribution is 5.66. The maximum Gasteiger partial charge on any atom is 0.407 e. The van der Waals surface area contributed by atoms with Crippen LogP contribution in [0.25, 0.3) is 5.69 Å². The molecule has 1 atom stereocenters. The van der Waals surface area contributed by atoms with Crippen LogP contribution in [0.1, 0.15) is 13.3 Å². The number of anilines is 1. The Morgan fingerprint density at radius 1 is 1.43 bits per heavy atom. The number of aromatic nitrogens is 4. The van der Waals surface area contributed by atoms with Crippen LogP contribution in [0.3, 0.4) is 0 Å². The van der Waals surface area contributed by atoms with Crippen molar-refractivity contribution in [1.29, 1.82) is 0 Å². The summed E-state index contributed by atoms with van der Waals surface area (Å²) < 4.78 is 1.37. The Morgan fingerprint density at radius 3 is 2.83 bits per heavy atom. The molecular formula is C14H18N6O3. The number of carbonyl (C=O) groups is 1. The van der Waals surface area contributed by atoms with Gasteiger partial charge in [-0.3, -0.25) is 0 Å². The molecule has 0 bridgehead atoms. The highest BCUT2D eigenvalue weighted by Crippen LogP contribution is 2.19. The zero-order valence-electron chi connectivity index (χ0n) is 12.7. The fourth-order valence-corrected chi connectivity index (χ4v) is 2.80. The molecule has 3 heterocycles. The highest BCUT2D eigenvalue weighted by atomic mass is 16.4. The van der Waals surface area contributed by atoms with E-state index < -0.39 is 6.09 Å². The first-order valence-electron chi connectivity index (χ1n) is 7.43. The van der Waals surface area contributed by atoms with Crippen molar-refractivity contribution in [3.63, 3.8) is 0 Å². The third-order valence-corrected chi connectivity index (χ3v) is 4.09. The quantitative estimate of drug-likeness (QED) is 0.855. The van der Waals surface area contributed by atoms with Crippen molar-refractivity contribution in [2.45, 2.75) is 19.4 Å². The molecule has 1 fully saturated rings. The van der Waals surface area contributed by atoms with Gasteiger partial charge in [0.1, 0.15) is 12.1 Å². The molecule has 23 heavy (non-hydrogen) atoms. The summed E-state index contributed by atoms with van der Waals surface area (Å²) in [4.78, 5) is 30.7. The largest absolute Gasteiger partial charge is 0.465 e. The Labute approximate surface area is 132 Å². The number of hydrogen-bond acceptors (Lipinski definition) is 5. The van der Waals surface area contributed by atoms with E-state index in [1.807, 2.05) is 13.0 Å². The number of pyridine rings is 1. The Kier molecular flexibility index (Phi) is 4.00. The highest BCUT2D eigenvalue weighted by Gasteiger charge is 2.29. The number of rotatable bonds is 3. The third kappa shape index (κ3) is 2.89. The van der Waals surface area contributed by atoms with Crippen molar-refractivity contribution in [2.24, 2.45) is 0 Å². The van der Waals surface area contributed by atoms with Gasteiger partial charge in [0.2, 0.25) is 0 Å². The Morgan fingerprint density at radius 2 is 2.26 bits per heavy atom. The molecule has 2 aromatic rings. The van der Waals surface area contributed by atoms with Crippen LogP contribution in [0.4, 0.5) is 10.6 Å². The first-order chi connectivity index (χ1) is 11.1. The summed E-state index contributed by atoms with van der Waals surface area (Å²) in [6, 6.07) is 3.58. The summed E-state index contributed by atoms with van der Waals surface area (Å²) >= 11 is 0. The van der Waals surface area contributed by atoms with Crippen LogP contribution in [0.5, 0.6) is 0 Å². The van der Waals surface area contributed by atoms with Crippen molar-refractivity contribution in [3.8, 4) is 5.69 Å². The van der Waals surface area contributed by atoms with Gasteiger partial charge >= 0.3 is 11.8 Å². The molecule has 0 spiro atoms. The summed E-state index contributed by atoms with van der Waals surface area (Å²) in [6.07, 6.45) is 2.89. The standard InChI is InChI=1S/C14H18N6O3/c1-2-10-8-18(5-6-19(10)14(22)23)12-4-3-11(7-15-12)20-9-16-17-13(20)21/h3-4,7,9-10H,2,5-6,8H2,1H3,(H,17,21)(H,22,23). The van der Waals surface area contributed by atoms with E-state index in [2.05, 4.69) is 20.1 Å². The number of carboxylic acid groups (broad SMARTS) is 1. The zero-order chi connectivity index (χ0) is 16.4. The summed E-state index contributed by atoms with van der Waals surface area (Å²) in [5, 5.41) is 15.2. The average Bonchev–Trinajstić information content (AvgIpc) is 3.00. The van der Waals surface area contributed by atoms with Crippen LogP contribution in [0.15, 0.2) is 29.5 Å². The van der Waals surface area contributed by atoms with E-state index in [0.717, 1.165) is 12.2 Å². The molecule has 9 heteroatoms. The van der Waals surface area contributed by atoms with E-state index >= 15 is 0 Å². The molecule has 1 unspecified atom stereocenters. The summed E-state index contributed by atoms with van der Waals surface area (Å²) in [6.45, 7) is 3.64.